The van der Waals surface area contributed by atoms with Crippen LogP contribution in [-0.4, -0.2) is 32.8 Å². The zero-order valence-corrected chi connectivity index (χ0v) is 14.7. The number of nitrogens with one attached hydrogen (secondary N) is 1. The molecule has 0 saturated heterocycles. The van der Waals surface area contributed by atoms with Gasteiger partial charge in [0, 0.05) is 6.04 Å². The molecule has 2 fully saturated rings. The Morgan fingerprint density at radius 3 is 2.46 bits per heavy atom. The van der Waals surface area contributed by atoms with Gasteiger partial charge in [-0.3, -0.25) is 4.79 Å². The highest BCUT2D eigenvalue weighted by atomic mass is 16.5. The van der Waals surface area contributed by atoms with E-state index in [1.54, 1.807) is 26.4 Å². The molecule has 0 aliphatic heterocycles. The second kappa shape index (κ2) is 7.32. The van der Waals surface area contributed by atoms with Crippen LogP contribution in [0, 0.1) is 17.8 Å². The number of hydrogen-bond donors (Lipinski definition) is 1. The van der Waals surface area contributed by atoms with Gasteiger partial charge in [0.2, 0.25) is 5.75 Å². The number of fused-ring (bicyclic) bond motifs is 2. The molecular weight excluding hydrogens is 306 g/mol. The molecule has 0 heterocycles. The van der Waals surface area contributed by atoms with Crippen LogP contribution in [0.4, 0.5) is 0 Å². The second-order valence-electron chi connectivity index (χ2n) is 6.98. The van der Waals surface area contributed by atoms with Crippen molar-refractivity contribution < 1.29 is 19.0 Å². The van der Waals surface area contributed by atoms with E-state index < -0.39 is 0 Å². The number of carbonyl (C=O) groups excluding carboxylic acids is 1. The predicted octanol–water partition coefficient (Wildman–Crippen LogP) is 3.02. The van der Waals surface area contributed by atoms with Crippen molar-refractivity contribution in [2.45, 2.75) is 38.6 Å². The molecule has 0 radical (unpaired) electrons. The molecule has 2 bridgehead atoms. The Morgan fingerprint density at radius 2 is 1.92 bits per heavy atom. The largest absolute Gasteiger partial charge is 0.493 e. The molecule has 2 aliphatic carbocycles. The van der Waals surface area contributed by atoms with E-state index in [9.17, 15) is 4.79 Å². The Kier molecular flexibility index (Phi) is 5.17. The number of amides is 1. The van der Waals surface area contributed by atoms with Crippen LogP contribution in [0.2, 0.25) is 0 Å². The molecule has 1 amide bonds. The summed E-state index contributed by atoms with van der Waals surface area (Å²) in [6.07, 6.45) is 5.30. The zero-order valence-electron chi connectivity index (χ0n) is 14.7. The molecule has 1 aromatic carbocycles. The maximum absolute atomic E-state index is 12.3. The minimum Gasteiger partial charge on any atom is -0.493 e. The molecule has 1 N–H and O–H groups in total. The van der Waals surface area contributed by atoms with E-state index >= 15 is 0 Å². The summed E-state index contributed by atoms with van der Waals surface area (Å²) in [6.45, 7) is 2.08. The molecule has 2 aliphatic rings. The van der Waals surface area contributed by atoms with Gasteiger partial charge in [0.25, 0.3) is 5.91 Å². The lowest BCUT2D eigenvalue weighted by atomic mass is 9.84. The molecule has 0 spiro atoms. The normalized spacial score (nSPS) is 26.0. The van der Waals surface area contributed by atoms with Gasteiger partial charge in [0.1, 0.15) is 0 Å². The molecule has 3 rings (SSSR count). The van der Waals surface area contributed by atoms with E-state index in [4.69, 9.17) is 14.2 Å². The van der Waals surface area contributed by atoms with Crippen molar-refractivity contribution in [3.63, 3.8) is 0 Å². The van der Waals surface area contributed by atoms with Crippen molar-refractivity contribution in [2.24, 2.45) is 17.8 Å². The van der Waals surface area contributed by atoms with Crippen molar-refractivity contribution in [1.82, 2.24) is 5.32 Å². The molecule has 5 nitrogen and oxygen atoms in total. The fourth-order valence-electron chi connectivity index (χ4n) is 4.41. The van der Waals surface area contributed by atoms with Crippen molar-refractivity contribution in [1.29, 1.82) is 0 Å². The number of carbonyl (C=O) groups is 1. The van der Waals surface area contributed by atoms with E-state index in [1.807, 2.05) is 6.07 Å². The van der Waals surface area contributed by atoms with Gasteiger partial charge in [-0.05, 0) is 56.1 Å². The van der Waals surface area contributed by atoms with Crippen molar-refractivity contribution in [3.05, 3.63) is 18.2 Å². The minimum atomic E-state index is -0.0989. The molecule has 4 unspecified atom stereocenters. The van der Waals surface area contributed by atoms with Gasteiger partial charge in [0.05, 0.1) is 14.2 Å². The summed E-state index contributed by atoms with van der Waals surface area (Å²) < 4.78 is 16.2. The first-order valence-electron chi connectivity index (χ1n) is 8.75. The first kappa shape index (κ1) is 16.9. The second-order valence-corrected chi connectivity index (χ2v) is 6.98. The number of methoxy groups -OCH3 is 2. The van der Waals surface area contributed by atoms with Crippen molar-refractivity contribution in [2.75, 3.05) is 20.8 Å². The highest BCUT2D eigenvalue weighted by Crippen LogP contribution is 2.49. The lowest BCUT2D eigenvalue weighted by Crippen LogP contribution is -2.42. The molecule has 1 aromatic rings. The lowest BCUT2D eigenvalue weighted by molar-refractivity contribution is -0.124. The first-order chi connectivity index (χ1) is 11.6. The smallest absolute Gasteiger partial charge is 0.258 e. The maximum Gasteiger partial charge on any atom is 0.258 e. The van der Waals surface area contributed by atoms with Crippen LogP contribution in [0.3, 0.4) is 0 Å². The van der Waals surface area contributed by atoms with Gasteiger partial charge < -0.3 is 19.5 Å². The Balaban J connectivity index is 1.54. The van der Waals surface area contributed by atoms with Gasteiger partial charge in [-0.2, -0.15) is 0 Å². The fourth-order valence-corrected chi connectivity index (χ4v) is 4.41. The van der Waals surface area contributed by atoms with E-state index in [0.29, 0.717) is 23.2 Å². The number of hydrogen-bond acceptors (Lipinski definition) is 4. The van der Waals surface area contributed by atoms with E-state index in [1.165, 1.54) is 25.7 Å². The predicted molar refractivity (Wildman–Crippen MR) is 91.6 cm³/mol. The van der Waals surface area contributed by atoms with Gasteiger partial charge in [0.15, 0.2) is 18.1 Å². The van der Waals surface area contributed by atoms with Crippen molar-refractivity contribution >= 4 is 5.91 Å². The van der Waals surface area contributed by atoms with Crippen LogP contribution in [-0.2, 0) is 4.79 Å². The molecule has 0 aromatic heterocycles. The van der Waals surface area contributed by atoms with E-state index in [2.05, 4.69) is 12.2 Å². The number of rotatable bonds is 7. The van der Waals surface area contributed by atoms with Crippen LogP contribution in [0.5, 0.6) is 17.2 Å². The topological polar surface area (TPSA) is 56.8 Å². The van der Waals surface area contributed by atoms with Crippen LogP contribution >= 0.6 is 0 Å². The highest BCUT2D eigenvalue weighted by molar-refractivity contribution is 5.78. The average molecular weight is 333 g/mol. The third-order valence-corrected chi connectivity index (χ3v) is 5.55. The first-order valence-corrected chi connectivity index (χ1v) is 8.75. The summed E-state index contributed by atoms with van der Waals surface area (Å²) in [6, 6.07) is 5.60. The van der Waals surface area contributed by atoms with E-state index in [-0.39, 0.29) is 18.6 Å². The highest BCUT2D eigenvalue weighted by Gasteiger charge is 2.42. The van der Waals surface area contributed by atoms with Crippen LogP contribution in [0.25, 0.3) is 0 Å². The molecule has 5 heteroatoms. The standard InChI is InChI=1S/C19H27NO4/c1-12(15-10-13-7-8-14(15)9-13)20-18(21)11-24-19-16(22-2)5-4-6-17(19)23-3/h4-6,12-15H,7-11H2,1-3H3,(H,20,21). The molecule has 24 heavy (non-hydrogen) atoms. The third kappa shape index (κ3) is 3.45. The summed E-state index contributed by atoms with van der Waals surface area (Å²) in [7, 11) is 3.14. The fraction of sp³-hybridized carbons (Fsp3) is 0.632. The van der Waals surface area contributed by atoms with Gasteiger partial charge in [-0.1, -0.05) is 12.5 Å². The monoisotopic (exact) mass is 333 g/mol. The number of benzene rings is 1. The Hall–Kier alpha value is -1.91. The Morgan fingerprint density at radius 1 is 1.21 bits per heavy atom. The molecular formula is C19H27NO4. The van der Waals surface area contributed by atoms with Gasteiger partial charge in [-0.25, -0.2) is 0 Å². The quantitative estimate of drug-likeness (QED) is 0.833. The summed E-state index contributed by atoms with van der Waals surface area (Å²) in [5.41, 5.74) is 0. The lowest BCUT2D eigenvalue weighted by Gasteiger charge is -2.28. The van der Waals surface area contributed by atoms with E-state index in [0.717, 1.165) is 11.8 Å². The summed E-state index contributed by atoms with van der Waals surface area (Å²) in [5, 5.41) is 3.11. The average Bonchev–Trinajstić information content (AvgIpc) is 3.22. The zero-order chi connectivity index (χ0) is 17.1. The molecule has 4 atom stereocenters. The van der Waals surface area contributed by atoms with Gasteiger partial charge in [-0.15, -0.1) is 0 Å². The summed E-state index contributed by atoms with van der Waals surface area (Å²) in [5.74, 6) is 3.78. The maximum atomic E-state index is 12.3. The molecule has 132 valence electrons. The van der Waals surface area contributed by atoms with Crippen LogP contribution < -0.4 is 19.5 Å². The molecule has 2 saturated carbocycles. The number of ether oxygens (including phenoxy) is 3. The minimum absolute atomic E-state index is 0.0398. The van der Waals surface area contributed by atoms with Crippen molar-refractivity contribution in [3.8, 4) is 17.2 Å². The Bertz CT molecular complexity index is 566. The summed E-state index contributed by atoms with van der Waals surface area (Å²) in [4.78, 5) is 12.3. The summed E-state index contributed by atoms with van der Waals surface area (Å²) >= 11 is 0. The van der Waals surface area contributed by atoms with Gasteiger partial charge >= 0.3 is 0 Å². The number of para-hydroxylation sites is 1. The third-order valence-electron chi connectivity index (χ3n) is 5.55. The van der Waals surface area contributed by atoms with Crippen LogP contribution in [0.1, 0.15) is 32.6 Å². The Labute approximate surface area is 143 Å². The van der Waals surface area contributed by atoms with Crippen LogP contribution in [0.15, 0.2) is 18.2 Å². The SMILES string of the molecule is COc1cccc(OC)c1OCC(=O)NC(C)C1CC2CCC1C2.